The maximum Gasteiger partial charge on any atom is 0.138 e. The maximum atomic E-state index is 5.23. The van der Waals surface area contributed by atoms with Crippen LogP contribution in [0.25, 0.3) is 0 Å². The summed E-state index contributed by atoms with van der Waals surface area (Å²) in [5, 5.41) is 0. The lowest BCUT2D eigenvalue weighted by atomic mass is 10.1. The van der Waals surface area contributed by atoms with Crippen LogP contribution in [-0.2, 0) is 6.42 Å². The largest absolute Gasteiger partial charge is 0.353 e. The van der Waals surface area contributed by atoms with Crippen LogP contribution in [0.2, 0.25) is 0 Å². The number of hydrogen-bond donors (Lipinski definition) is 0. The molecule has 3 heterocycles. The lowest BCUT2D eigenvalue weighted by molar-refractivity contribution is 0.216. The maximum absolute atomic E-state index is 5.23. The molecule has 0 N–H and O–H groups in total. The van der Waals surface area contributed by atoms with Crippen LogP contribution in [-0.4, -0.2) is 61.7 Å². The normalized spacial score (nSPS) is 19.1. The first-order valence-corrected chi connectivity index (χ1v) is 10.6. The number of fused-ring (bicyclic) bond motifs is 2. The van der Waals surface area contributed by atoms with Gasteiger partial charge in [-0.2, -0.15) is 0 Å². The summed E-state index contributed by atoms with van der Waals surface area (Å²) < 4.78 is 0. The summed E-state index contributed by atoms with van der Waals surface area (Å²) in [6.45, 7) is 5.31. The summed E-state index contributed by atoms with van der Waals surface area (Å²) >= 11 is 1.78. The van der Waals surface area contributed by atoms with Crippen LogP contribution in [0.5, 0.6) is 0 Å². The second-order valence-electron chi connectivity index (χ2n) is 7.30. The van der Waals surface area contributed by atoms with E-state index in [0.29, 0.717) is 0 Å². The van der Waals surface area contributed by atoms with E-state index in [1.54, 1.807) is 11.8 Å². The van der Waals surface area contributed by atoms with E-state index in [1.165, 1.54) is 27.4 Å². The SMILES string of the molecule is CSc1ccc2c(c1)N=C(N1CCN(C)CC1)c1cccc3c1N2CC3. The molecule has 0 radical (unpaired) electrons. The molecule has 0 amide bonds. The van der Waals surface area contributed by atoms with Gasteiger partial charge in [-0.25, -0.2) is 4.99 Å². The summed E-state index contributed by atoms with van der Waals surface area (Å²) in [6, 6.07) is 13.5. The predicted molar refractivity (Wildman–Crippen MR) is 111 cm³/mol. The van der Waals surface area contributed by atoms with Gasteiger partial charge in [0.1, 0.15) is 5.84 Å². The summed E-state index contributed by atoms with van der Waals surface area (Å²) in [6.07, 6.45) is 3.25. The molecule has 0 spiro atoms. The molecule has 1 saturated heterocycles. The first-order chi connectivity index (χ1) is 12.7. The molecule has 3 aliphatic rings. The summed E-state index contributed by atoms with van der Waals surface area (Å²) in [7, 11) is 2.20. The second-order valence-corrected chi connectivity index (χ2v) is 8.17. The third-order valence-electron chi connectivity index (χ3n) is 5.74. The van der Waals surface area contributed by atoms with Crippen molar-refractivity contribution in [1.82, 2.24) is 9.80 Å². The van der Waals surface area contributed by atoms with Gasteiger partial charge in [0.2, 0.25) is 0 Å². The Kier molecular flexibility index (Phi) is 3.94. The Bertz CT molecular complexity index is 884. The Morgan fingerprint density at radius 1 is 1.00 bits per heavy atom. The molecule has 2 aromatic carbocycles. The number of benzene rings is 2. The van der Waals surface area contributed by atoms with E-state index in [4.69, 9.17) is 4.99 Å². The van der Waals surface area contributed by atoms with Gasteiger partial charge in [0.25, 0.3) is 0 Å². The average Bonchev–Trinajstić information content (AvgIpc) is 3.05. The molecular weight excluding hydrogens is 340 g/mol. The Hall–Kier alpha value is -1.98. The standard InChI is InChI=1S/C21H24N4S/c1-23-10-12-24(13-11-23)21-17-5-3-4-15-8-9-25(20(15)17)19-7-6-16(26-2)14-18(19)22-21/h3-7,14H,8-13H2,1-2H3. The van der Waals surface area contributed by atoms with Crippen molar-refractivity contribution >= 4 is 34.7 Å². The number of para-hydroxylation sites is 1. The summed E-state index contributed by atoms with van der Waals surface area (Å²) in [5.74, 6) is 1.15. The minimum Gasteiger partial charge on any atom is -0.353 e. The molecule has 0 unspecified atom stereocenters. The molecule has 0 atom stereocenters. The van der Waals surface area contributed by atoms with Crippen LogP contribution in [0.4, 0.5) is 17.1 Å². The number of nitrogens with zero attached hydrogens (tertiary/aromatic N) is 4. The molecule has 5 rings (SSSR count). The molecule has 0 saturated carbocycles. The average molecular weight is 365 g/mol. The minimum absolute atomic E-state index is 1.04. The lowest BCUT2D eigenvalue weighted by Crippen LogP contribution is -2.47. The predicted octanol–water partition coefficient (Wildman–Crippen LogP) is 3.74. The Morgan fingerprint density at radius 3 is 2.65 bits per heavy atom. The quantitative estimate of drug-likeness (QED) is 0.719. The fourth-order valence-electron chi connectivity index (χ4n) is 4.26. The topological polar surface area (TPSA) is 22.1 Å². The van der Waals surface area contributed by atoms with Crippen molar-refractivity contribution in [3.63, 3.8) is 0 Å². The number of hydrogen-bond acceptors (Lipinski definition) is 5. The molecular formula is C21H24N4S. The zero-order valence-corrected chi connectivity index (χ0v) is 16.2. The van der Waals surface area contributed by atoms with Gasteiger partial charge in [0, 0.05) is 43.2 Å². The molecule has 3 aliphatic heterocycles. The highest BCUT2D eigenvalue weighted by Gasteiger charge is 2.32. The highest BCUT2D eigenvalue weighted by molar-refractivity contribution is 7.98. The van der Waals surface area contributed by atoms with Crippen molar-refractivity contribution in [1.29, 1.82) is 0 Å². The van der Waals surface area contributed by atoms with Gasteiger partial charge >= 0.3 is 0 Å². The van der Waals surface area contributed by atoms with Gasteiger partial charge in [-0.15, -0.1) is 11.8 Å². The fourth-order valence-corrected chi connectivity index (χ4v) is 4.69. The number of rotatable bonds is 1. The van der Waals surface area contributed by atoms with Gasteiger partial charge in [-0.1, -0.05) is 12.1 Å². The number of amidine groups is 1. The summed E-state index contributed by atoms with van der Waals surface area (Å²) in [4.78, 5) is 13.9. The number of piperazine rings is 1. The molecule has 134 valence electrons. The van der Waals surface area contributed by atoms with Crippen molar-refractivity contribution in [3.05, 3.63) is 47.5 Å². The minimum atomic E-state index is 1.04. The van der Waals surface area contributed by atoms with Crippen molar-refractivity contribution in [3.8, 4) is 0 Å². The number of anilines is 2. The van der Waals surface area contributed by atoms with E-state index in [0.717, 1.165) is 50.7 Å². The van der Waals surface area contributed by atoms with Crippen LogP contribution in [0.1, 0.15) is 11.1 Å². The summed E-state index contributed by atoms with van der Waals surface area (Å²) in [5.41, 5.74) is 6.48. The molecule has 4 nitrogen and oxygen atoms in total. The van der Waals surface area contributed by atoms with Crippen LogP contribution in [0.3, 0.4) is 0 Å². The highest BCUT2D eigenvalue weighted by atomic mass is 32.2. The van der Waals surface area contributed by atoms with E-state index in [1.807, 2.05) is 0 Å². The van der Waals surface area contributed by atoms with Crippen molar-refractivity contribution in [2.75, 3.05) is 50.9 Å². The van der Waals surface area contributed by atoms with E-state index < -0.39 is 0 Å². The van der Waals surface area contributed by atoms with E-state index in [2.05, 4.69) is 64.4 Å². The third kappa shape index (κ3) is 2.53. The van der Waals surface area contributed by atoms with Gasteiger partial charge in [0.05, 0.1) is 17.1 Å². The molecule has 0 bridgehead atoms. The second kappa shape index (κ2) is 6.32. The van der Waals surface area contributed by atoms with Crippen molar-refractivity contribution in [2.45, 2.75) is 11.3 Å². The fraction of sp³-hybridized carbons (Fsp3) is 0.381. The van der Waals surface area contributed by atoms with Gasteiger partial charge in [-0.3, -0.25) is 0 Å². The lowest BCUT2D eigenvalue weighted by Gasteiger charge is -2.35. The van der Waals surface area contributed by atoms with Gasteiger partial charge < -0.3 is 14.7 Å². The van der Waals surface area contributed by atoms with E-state index >= 15 is 0 Å². The molecule has 26 heavy (non-hydrogen) atoms. The molecule has 0 aliphatic carbocycles. The molecule has 2 aromatic rings. The van der Waals surface area contributed by atoms with Crippen LogP contribution in [0, 0.1) is 0 Å². The zero-order chi connectivity index (χ0) is 17.7. The monoisotopic (exact) mass is 364 g/mol. The van der Waals surface area contributed by atoms with E-state index in [-0.39, 0.29) is 0 Å². The van der Waals surface area contributed by atoms with Gasteiger partial charge in [-0.05, 0) is 49.6 Å². The smallest absolute Gasteiger partial charge is 0.138 e. The molecule has 0 aromatic heterocycles. The van der Waals surface area contributed by atoms with Crippen molar-refractivity contribution < 1.29 is 0 Å². The first kappa shape index (κ1) is 16.2. The van der Waals surface area contributed by atoms with E-state index in [9.17, 15) is 0 Å². The highest BCUT2D eigenvalue weighted by Crippen LogP contribution is 2.45. The first-order valence-electron chi connectivity index (χ1n) is 9.34. The van der Waals surface area contributed by atoms with Crippen molar-refractivity contribution in [2.24, 2.45) is 4.99 Å². The number of aliphatic imine (C=N–C) groups is 1. The number of likely N-dealkylation sites (N-methyl/N-ethyl adjacent to an activating group) is 1. The Labute approximate surface area is 159 Å². The van der Waals surface area contributed by atoms with Crippen LogP contribution in [0.15, 0.2) is 46.3 Å². The third-order valence-corrected chi connectivity index (χ3v) is 6.46. The zero-order valence-electron chi connectivity index (χ0n) is 15.4. The van der Waals surface area contributed by atoms with Crippen LogP contribution < -0.4 is 4.90 Å². The van der Waals surface area contributed by atoms with Gasteiger partial charge in [0.15, 0.2) is 0 Å². The Morgan fingerprint density at radius 2 is 1.85 bits per heavy atom. The van der Waals surface area contributed by atoms with Crippen LogP contribution >= 0.6 is 11.8 Å². The Balaban J connectivity index is 1.70. The number of thioether (sulfide) groups is 1. The molecule has 1 fully saturated rings. The molecule has 5 heteroatoms.